The highest BCUT2D eigenvalue weighted by atomic mass is 32.2. The molecule has 0 aromatic heterocycles. The Morgan fingerprint density at radius 2 is 2.19 bits per heavy atom. The predicted molar refractivity (Wildman–Crippen MR) is 106 cm³/mol. The van der Waals surface area contributed by atoms with Gasteiger partial charge in [0.2, 0.25) is 0 Å². The molecule has 2 aliphatic heterocycles. The van der Waals surface area contributed by atoms with Gasteiger partial charge in [-0.25, -0.2) is 8.78 Å². The van der Waals surface area contributed by atoms with Gasteiger partial charge in [-0.2, -0.15) is 0 Å². The van der Waals surface area contributed by atoms with E-state index in [1.54, 1.807) is 11.0 Å². The first-order chi connectivity index (χ1) is 12.7. The number of rotatable bonds is 6. The Bertz CT molecular complexity index is 907. The van der Waals surface area contributed by atoms with Crippen molar-refractivity contribution in [2.75, 3.05) is 24.6 Å². The molecule has 0 radical (unpaired) electrons. The number of nitrogens with zero attached hydrogens (tertiary/aromatic N) is 2. The van der Waals surface area contributed by atoms with Crippen molar-refractivity contribution in [3.8, 4) is 0 Å². The van der Waals surface area contributed by atoms with E-state index in [0.29, 0.717) is 36.6 Å². The van der Waals surface area contributed by atoms with Crippen LogP contribution in [0.5, 0.6) is 0 Å². The zero-order valence-corrected chi connectivity index (χ0v) is 16.2. The molecule has 1 fully saturated rings. The molecule has 4 nitrogen and oxygen atoms in total. The number of hydrogen-bond acceptors (Lipinski definition) is 3. The molecule has 0 saturated carbocycles. The van der Waals surface area contributed by atoms with Crippen molar-refractivity contribution < 1.29 is 17.8 Å². The summed E-state index contributed by atoms with van der Waals surface area (Å²) in [5, 5.41) is 0. The Kier molecular flexibility index (Phi) is 5.79. The first-order valence-electron chi connectivity index (χ1n) is 9.01. The summed E-state index contributed by atoms with van der Waals surface area (Å²) in [7, 11) is -2.00. The molecule has 0 aliphatic carbocycles. The highest BCUT2D eigenvalue weighted by Gasteiger charge is 2.27. The van der Waals surface area contributed by atoms with E-state index in [0.717, 1.165) is 30.3 Å². The zero-order valence-electron chi connectivity index (χ0n) is 15.4. The van der Waals surface area contributed by atoms with Gasteiger partial charge in [-0.05, 0) is 65.4 Å². The molecule has 1 saturated heterocycles. The molecule has 7 heteroatoms. The number of halogens is 2. The average Bonchev–Trinajstić information content (AvgIpc) is 3.19. The van der Waals surface area contributed by atoms with Crippen LogP contribution in [-0.2, 0) is 20.9 Å². The number of amides is 1. The summed E-state index contributed by atoms with van der Waals surface area (Å²) in [5.74, 6) is 3.90. The summed E-state index contributed by atoms with van der Waals surface area (Å²) in [4.78, 5) is 18.7. The molecule has 0 spiro atoms. The Morgan fingerprint density at radius 1 is 1.41 bits per heavy atom. The van der Waals surface area contributed by atoms with Crippen LogP contribution in [0.25, 0.3) is 0 Å². The van der Waals surface area contributed by atoms with Gasteiger partial charge >= 0.3 is 0 Å². The molecule has 0 N–H and O–H groups in total. The van der Waals surface area contributed by atoms with Gasteiger partial charge in [-0.1, -0.05) is 0 Å². The minimum Gasteiger partial charge on any atom is -0.334 e. The Labute approximate surface area is 159 Å². The van der Waals surface area contributed by atoms with E-state index in [-0.39, 0.29) is 23.9 Å². The van der Waals surface area contributed by atoms with Crippen LogP contribution in [0.3, 0.4) is 0 Å². The maximum atomic E-state index is 14.1. The second kappa shape index (κ2) is 7.92. The SMILES string of the molecule is C=S1(=O)CCC(CCN(Cc2cc(F)ccc2F)C(=O)C2=CC(C)=NC2)C1. The first-order valence-corrected chi connectivity index (χ1v) is 11.1. The number of benzene rings is 1. The first kappa shape index (κ1) is 19.7. The quantitative estimate of drug-likeness (QED) is 0.697. The molecular formula is C20H24F2N2O2S. The molecule has 2 heterocycles. The fourth-order valence-electron chi connectivity index (χ4n) is 3.55. The molecule has 0 bridgehead atoms. The van der Waals surface area contributed by atoms with Gasteiger partial charge in [0.25, 0.3) is 5.91 Å². The van der Waals surface area contributed by atoms with Crippen LogP contribution in [-0.4, -0.2) is 51.2 Å². The Hall–Kier alpha value is -2.02. The number of hydrogen-bond donors (Lipinski definition) is 0. The molecular weight excluding hydrogens is 370 g/mol. The van der Waals surface area contributed by atoms with Crippen molar-refractivity contribution in [2.24, 2.45) is 10.9 Å². The lowest BCUT2D eigenvalue weighted by molar-refractivity contribution is -0.127. The highest BCUT2D eigenvalue weighted by molar-refractivity contribution is 8.00. The largest absolute Gasteiger partial charge is 0.334 e. The minimum atomic E-state index is -2.00. The van der Waals surface area contributed by atoms with Crippen molar-refractivity contribution in [1.82, 2.24) is 4.90 Å². The number of carbonyl (C=O) groups excluding carboxylic acids is 1. The predicted octanol–water partition coefficient (Wildman–Crippen LogP) is 2.82. The smallest absolute Gasteiger partial charge is 0.252 e. The molecule has 1 aromatic carbocycles. The molecule has 1 amide bonds. The number of carbonyl (C=O) groups is 1. The van der Waals surface area contributed by atoms with Crippen LogP contribution in [0.4, 0.5) is 8.78 Å². The summed E-state index contributed by atoms with van der Waals surface area (Å²) in [6, 6.07) is 3.26. The number of aliphatic imine (C=N–C) groups is 1. The van der Waals surface area contributed by atoms with E-state index in [1.807, 2.05) is 6.92 Å². The van der Waals surface area contributed by atoms with E-state index >= 15 is 0 Å². The Morgan fingerprint density at radius 3 is 2.81 bits per heavy atom. The van der Waals surface area contributed by atoms with Crippen LogP contribution in [0.2, 0.25) is 0 Å². The zero-order chi connectivity index (χ0) is 19.6. The third kappa shape index (κ3) is 5.03. The molecule has 146 valence electrons. The third-order valence-corrected chi connectivity index (χ3v) is 7.12. The van der Waals surface area contributed by atoms with Gasteiger partial charge in [0.15, 0.2) is 0 Å². The maximum absolute atomic E-state index is 14.1. The lowest BCUT2D eigenvalue weighted by Crippen LogP contribution is -2.34. The topological polar surface area (TPSA) is 49.7 Å². The van der Waals surface area contributed by atoms with Gasteiger partial charge in [0, 0.05) is 41.4 Å². The lowest BCUT2D eigenvalue weighted by atomic mass is 10.0. The summed E-state index contributed by atoms with van der Waals surface area (Å²) in [6.45, 7) is 2.51. The second-order valence-electron chi connectivity index (χ2n) is 7.37. The van der Waals surface area contributed by atoms with E-state index in [2.05, 4.69) is 10.9 Å². The standard InChI is InChI=1S/C20H24F2N2O2S/c1-14-9-16(11-23-14)20(25)24(7-5-15-6-8-27(2,26)13-15)12-17-10-18(21)3-4-19(17)22/h3-4,9-10,15H,2,5-8,11-13H2,1H3. The monoisotopic (exact) mass is 394 g/mol. The van der Waals surface area contributed by atoms with E-state index < -0.39 is 21.2 Å². The minimum absolute atomic E-state index is 0.00865. The fraction of sp³-hybridized carbons (Fsp3) is 0.450. The van der Waals surface area contributed by atoms with Crippen LogP contribution in [0.15, 0.2) is 34.8 Å². The summed E-state index contributed by atoms with van der Waals surface area (Å²) < 4.78 is 39.7. The van der Waals surface area contributed by atoms with Crippen molar-refractivity contribution in [3.05, 3.63) is 47.0 Å². The summed E-state index contributed by atoms with van der Waals surface area (Å²) in [5.41, 5.74) is 1.48. The van der Waals surface area contributed by atoms with Gasteiger partial charge in [-0.15, -0.1) is 0 Å². The van der Waals surface area contributed by atoms with Gasteiger partial charge < -0.3 is 4.90 Å². The highest BCUT2D eigenvalue weighted by Crippen LogP contribution is 2.23. The van der Waals surface area contributed by atoms with Crippen molar-refractivity contribution >= 4 is 27.0 Å². The molecule has 27 heavy (non-hydrogen) atoms. The molecule has 2 aliphatic rings. The lowest BCUT2D eigenvalue weighted by Gasteiger charge is -2.25. The maximum Gasteiger partial charge on any atom is 0.252 e. The average molecular weight is 394 g/mol. The Balaban J connectivity index is 1.75. The van der Waals surface area contributed by atoms with Crippen LogP contribution < -0.4 is 0 Å². The van der Waals surface area contributed by atoms with E-state index in [9.17, 15) is 17.8 Å². The number of allylic oxidation sites excluding steroid dienone is 1. The second-order valence-corrected chi connectivity index (χ2v) is 10.0. The molecule has 2 atom stereocenters. The van der Waals surface area contributed by atoms with E-state index in [1.165, 1.54) is 0 Å². The van der Waals surface area contributed by atoms with Crippen LogP contribution >= 0.6 is 0 Å². The fourth-order valence-corrected chi connectivity index (χ4v) is 5.67. The van der Waals surface area contributed by atoms with Gasteiger partial charge in [0.1, 0.15) is 11.6 Å². The molecule has 2 unspecified atom stereocenters. The van der Waals surface area contributed by atoms with Crippen molar-refractivity contribution in [3.63, 3.8) is 0 Å². The third-order valence-electron chi connectivity index (χ3n) is 5.06. The summed E-state index contributed by atoms with van der Waals surface area (Å²) in [6.07, 6.45) is 3.22. The van der Waals surface area contributed by atoms with Crippen LogP contribution in [0, 0.1) is 17.6 Å². The van der Waals surface area contributed by atoms with Crippen molar-refractivity contribution in [1.29, 1.82) is 0 Å². The molecule has 3 rings (SSSR count). The van der Waals surface area contributed by atoms with Gasteiger partial charge in [-0.3, -0.25) is 14.0 Å². The molecule has 1 aromatic rings. The van der Waals surface area contributed by atoms with E-state index in [4.69, 9.17) is 0 Å². The van der Waals surface area contributed by atoms with Crippen LogP contribution in [0.1, 0.15) is 25.3 Å². The van der Waals surface area contributed by atoms with Crippen molar-refractivity contribution in [2.45, 2.75) is 26.3 Å². The normalized spacial score (nSPS) is 24.6. The summed E-state index contributed by atoms with van der Waals surface area (Å²) >= 11 is 0. The van der Waals surface area contributed by atoms with Gasteiger partial charge in [0.05, 0.1) is 6.54 Å².